The summed E-state index contributed by atoms with van der Waals surface area (Å²) >= 11 is 1.24. The molecule has 11 heteroatoms. The summed E-state index contributed by atoms with van der Waals surface area (Å²) in [5, 5.41) is 0. The topological polar surface area (TPSA) is 107 Å². The first-order valence-electron chi connectivity index (χ1n) is 11.9. The number of thiazole rings is 1. The van der Waals surface area contributed by atoms with E-state index in [-0.39, 0.29) is 17.0 Å². The van der Waals surface area contributed by atoms with Crippen LogP contribution in [0.1, 0.15) is 22.8 Å². The van der Waals surface area contributed by atoms with Gasteiger partial charge in [0.05, 0.1) is 34.5 Å². The number of hydrogen-bond donors (Lipinski definition) is 0. The zero-order valence-corrected chi connectivity index (χ0v) is 22.4. The molecule has 0 atom stereocenters. The fourth-order valence-electron chi connectivity index (χ4n) is 4.35. The Kier molecular flexibility index (Phi) is 7.04. The number of methoxy groups -OCH3 is 1. The Labute approximate surface area is 223 Å². The molecular weight excluding hydrogens is 526 g/mol. The molecule has 1 aromatic heterocycles. The summed E-state index contributed by atoms with van der Waals surface area (Å²) < 4.78 is 40.7. The first kappa shape index (κ1) is 25.7. The Balaban J connectivity index is 1.47. The monoisotopic (exact) mass is 551 g/mol. The van der Waals surface area contributed by atoms with Crippen molar-refractivity contribution in [2.45, 2.75) is 24.8 Å². The lowest BCUT2D eigenvalue weighted by Gasteiger charge is -2.19. The minimum atomic E-state index is -3.78. The first-order valence-corrected chi connectivity index (χ1v) is 14.2. The highest BCUT2D eigenvalue weighted by Crippen LogP contribution is 2.32. The Bertz CT molecular complexity index is 1700. The van der Waals surface area contributed by atoms with Gasteiger partial charge in [-0.15, -0.1) is 0 Å². The van der Waals surface area contributed by atoms with E-state index in [1.54, 1.807) is 22.8 Å². The number of para-hydroxylation sites is 1. The summed E-state index contributed by atoms with van der Waals surface area (Å²) in [5.41, 5.74) is 2.60. The molecule has 0 unspecified atom stereocenters. The highest BCUT2D eigenvalue weighted by atomic mass is 32.2. The Morgan fingerprint density at radius 2 is 1.82 bits per heavy atom. The molecule has 0 saturated carbocycles. The lowest BCUT2D eigenvalue weighted by molar-refractivity contribution is -0.141. The fraction of sp³-hybridized carbons (Fsp3) is 0.222. The van der Waals surface area contributed by atoms with Gasteiger partial charge in [0.25, 0.3) is 15.9 Å². The number of aromatic nitrogens is 1. The number of fused-ring (bicyclic) bond motifs is 2. The quantitative estimate of drug-likeness (QED) is 0.324. The third kappa shape index (κ3) is 4.82. The molecule has 38 heavy (non-hydrogen) atoms. The summed E-state index contributed by atoms with van der Waals surface area (Å²) in [4.78, 5) is 29.8. The molecule has 4 aromatic rings. The van der Waals surface area contributed by atoms with Gasteiger partial charge in [0.2, 0.25) is 0 Å². The average molecular weight is 552 g/mol. The predicted octanol–water partition coefficient (Wildman–Crippen LogP) is 3.77. The van der Waals surface area contributed by atoms with Gasteiger partial charge in [0, 0.05) is 12.1 Å². The van der Waals surface area contributed by atoms with E-state index in [9.17, 15) is 18.0 Å². The lowest BCUT2D eigenvalue weighted by atomic mass is 10.2. The minimum absolute atomic E-state index is 0.0943. The molecule has 3 aromatic carbocycles. The minimum Gasteiger partial charge on any atom is -0.494 e. The third-order valence-corrected chi connectivity index (χ3v) is 9.08. The van der Waals surface area contributed by atoms with Crippen LogP contribution in [-0.4, -0.2) is 45.1 Å². The van der Waals surface area contributed by atoms with Crippen LogP contribution in [0.25, 0.3) is 10.2 Å². The molecule has 0 fully saturated rings. The van der Waals surface area contributed by atoms with Crippen LogP contribution in [0.5, 0.6) is 5.75 Å². The Hall–Kier alpha value is -3.96. The first-order chi connectivity index (χ1) is 18.3. The van der Waals surface area contributed by atoms with Gasteiger partial charge in [-0.3, -0.25) is 13.9 Å². The Morgan fingerprint density at radius 1 is 1.05 bits per heavy atom. The third-order valence-electron chi connectivity index (χ3n) is 6.21. The van der Waals surface area contributed by atoms with Gasteiger partial charge in [-0.05, 0) is 67.4 Å². The van der Waals surface area contributed by atoms with Crippen molar-refractivity contribution < 1.29 is 27.5 Å². The summed E-state index contributed by atoms with van der Waals surface area (Å²) in [6.07, 6.45) is 0.650. The zero-order chi connectivity index (χ0) is 26.9. The van der Waals surface area contributed by atoms with Gasteiger partial charge in [-0.25, -0.2) is 8.42 Å². The van der Waals surface area contributed by atoms with Gasteiger partial charge in [-0.2, -0.15) is 4.99 Å². The maximum Gasteiger partial charge on any atom is 0.325 e. The number of rotatable bonds is 7. The van der Waals surface area contributed by atoms with Crippen molar-refractivity contribution in [3.05, 3.63) is 82.7 Å². The van der Waals surface area contributed by atoms with Gasteiger partial charge in [0.15, 0.2) is 4.80 Å². The van der Waals surface area contributed by atoms with E-state index in [1.807, 2.05) is 31.2 Å². The number of nitrogens with zero attached hydrogens (tertiary/aromatic N) is 3. The summed E-state index contributed by atoms with van der Waals surface area (Å²) in [6, 6.07) is 18.6. The molecule has 1 aliphatic rings. The SMILES string of the molecule is CCOc1ccc2c(c1)sc(=NC(=O)c1ccc(S(=O)(=O)N3CCc4ccccc43)cc1)n2CC(=O)OC. The number of anilines is 1. The average Bonchev–Trinajstić information content (AvgIpc) is 3.50. The fourth-order valence-corrected chi connectivity index (χ4v) is 6.91. The van der Waals surface area contributed by atoms with E-state index in [2.05, 4.69) is 4.99 Å². The second kappa shape index (κ2) is 10.4. The molecule has 196 valence electrons. The van der Waals surface area contributed by atoms with Crippen LogP contribution in [0, 0.1) is 0 Å². The highest BCUT2D eigenvalue weighted by molar-refractivity contribution is 7.92. The van der Waals surface area contributed by atoms with Crippen LogP contribution in [0.15, 0.2) is 76.6 Å². The molecule has 1 amide bonds. The molecule has 5 rings (SSSR count). The van der Waals surface area contributed by atoms with E-state index in [1.165, 1.54) is 47.0 Å². The number of ether oxygens (including phenoxy) is 2. The molecule has 0 spiro atoms. The molecule has 9 nitrogen and oxygen atoms in total. The van der Waals surface area contributed by atoms with Gasteiger partial charge in [0.1, 0.15) is 12.3 Å². The molecule has 2 heterocycles. The zero-order valence-electron chi connectivity index (χ0n) is 20.8. The van der Waals surface area contributed by atoms with Crippen LogP contribution >= 0.6 is 11.3 Å². The molecule has 1 aliphatic heterocycles. The van der Waals surface area contributed by atoms with Crippen LogP contribution < -0.4 is 13.8 Å². The number of hydrogen-bond acceptors (Lipinski definition) is 7. The maximum atomic E-state index is 13.3. The van der Waals surface area contributed by atoms with Crippen molar-refractivity contribution in [3.8, 4) is 5.75 Å². The van der Waals surface area contributed by atoms with Crippen LogP contribution in [0.2, 0.25) is 0 Å². The molecule has 0 radical (unpaired) electrons. The van der Waals surface area contributed by atoms with Crippen molar-refractivity contribution >= 4 is 49.1 Å². The van der Waals surface area contributed by atoms with E-state index < -0.39 is 21.9 Å². The number of esters is 1. The summed E-state index contributed by atoms with van der Waals surface area (Å²) in [7, 11) is -2.48. The smallest absolute Gasteiger partial charge is 0.325 e. The molecule has 0 saturated heterocycles. The summed E-state index contributed by atoms with van der Waals surface area (Å²) in [5.74, 6) is -0.372. The molecule has 0 bridgehead atoms. The molecular formula is C27H25N3O6S2. The molecule has 0 aliphatic carbocycles. The number of sulfonamides is 1. The van der Waals surface area contributed by atoms with Gasteiger partial charge < -0.3 is 14.0 Å². The predicted molar refractivity (Wildman–Crippen MR) is 144 cm³/mol. The van der Waals surface area contributed by atoms with Crippen molar-refractivity contribution in [2.24, 2.45) is 4.99 Å². The molecule has 0 N–H and O–H groups in total. The maximum absolute atomic E-state index is 13.3. The van der Waals surface area contributed by atoms with E-state index in [0.717, 1.165) is 10.3 Å². The number of carbonyl (C=O) groups excluding carboxylic acids is 2. The number of carbonyl (C=O) groups is 2. The standard InChI is InChI=1S/C27H25N3O6S2/c1-3-36-20-10-13-23-24(16-20)37-27(29(23)17-25(31)35-2)28-26(32)19-8-11-21(12-9-19)38(33,34)30-15-14-18-6-4-5-7-22(18)30/h4-13,16H,3,14-15,17H2,1-2H3. The van der Waals surface area contributed by atoms with E-state index in [0.29, 0.717) is 41.3 Å². The summed E-state index contributed by atoms with van der Waals surface area (Å²) in [6.45, 7) is 2.64. The second-order valence-corrected chi connectivity index (χ2v) is 11.4. The van der Waals surface area contributed by atoms with Crippen molar-refractivity contribution in [3.63, 3.8) is 0 Å². The normalized spacial score (nSPS) is 13.5. The number of amides is 1. The lowest BCUT2D eigenvalue weighted by Crippen LogP contribution is -2.29. The van der Waals surface area contributed by atoms with Crippen molar-refractivity contribution in [1.82, 2.24) is 4.57 Å². The largest absolute Gasteiger partial charge is 0.494 e. The van der Waals surface area contributed by atoms with E-state index in [4.69, 9.17) is 9.47 Å². The highest BCUT2D eigenvalue weighted by Gasteiger charge is 2.30. The van der Waals surface area contributed by atoms with Crippen LogP contribution in [0.3, 0.4) is 0 Å². The van der Waals surface area contributed by atoms with Crippen molar-refractivity contribution in [1.29, 1.82) is 0 Å². The Morgan fingerprint density at radius 3 is 2.55 bits per heavy atom. The van der Waals surface area contributed by atoms with Crippen LogP contribution in [0.4, 0.5) is 5.69 Å². The van der Waals surface area contributed by atoms with Gasteiger partial charge in [-0.1, -0.05) is 29.5 Å². The van der Waals surface area contributed by atoms with Crippen LogP contribution in [-0.2, 0) is 32.5 Å². The van der Waals surface area contributed by atoms with Crippen molar-refractivity contribution in [2.75, 3.05) is 24.6 Å². The van der Waals surface area contributed by atoms with Gasteiger partial charge >= 0.3 is 5.97 Å². The number of benzene rings is 3. The van der Waals surface area contributed by atoms with E-state index >= 15 is 0 Å². The second-order valence-electron chi connectivity index (χ2n) is 8.51.